The van der Waals surface area contributed by atoms with E-state index in [9.17, 15) is 4.79 Å². The maximum absolute atomic E-state index is 12.3. The molecule has 2 heterocycles. The van der Waals surface area contributed by atoms with Gasteiger partial charge in [0.2, 0.25) is 0 Å². The van der Waals surface area contributed by atoms with Gasteiger partial charge in [-0.05, 0) is 62.1 Å². The van der Waals surface area contributed by atoms with Crippen LogP contribution in [0.5, 0.6) is 0 Å². The number of amides is 1. The Morgan fingerprint density at radius 2 is 1.88 bits per heavy atom. The number of hydrogen-bond donors (Lipinski definition) is 2. The van der Waals surface area contributed by atoms with Crippen LogP contribution in [0.2, 0.25) is 0 Å². The topological polar surface area (TPSA) is 49.9 Å². The highest BCUT2D eigenvalue weighted by molar-refractivity contribution is 5.91. The van der Waals surface area contributed by atoms with Gasteiger partial charge in [0.1, 0.15) is 12.3 Å². The second kappa shape index (κ2) is 8.41. The standard InChI is InChI=1S/C21H29N3O2/c1-16-10-12-24(13-11-16)19-7-5-18(6-8-19)22-21(25)15-23(3)14-20-9-4-17(2)26-20/h4-9,16H,10-15H2,1-3H3,(H,22,25)/p+1. The molecule has 1 atom stereocenters. The smallest absolute Gasteiger partial charge is 0.279 e. The molecule has 5 nitrogen and oxygen atoms in total. The second-order valence-corrected chi connectivity index (χ2v) is 7.59. The van der Waals surface area contributed by atoms with Crippen LogP contribution in [0.25, 0.3) is 0 Å². The zero-order valence-electron chi connectivity index (χ0n) is 16.0. The monoisotopic (exact) mass is 356 g/mol. The number of carbonyl (C=O) groups is 1. The zero-order chi connectivity index (χ0) is 18.5. The number of hydrogen-bond acceptors (Lipinski definition) is 3. The normalized spacial score (nSPS) is 16.5. The van der Waals surface area contributed by atoms with Crippen LogP contribution in [0.3, 0.4) is 0 Å². The Balaban J connectivity index is 1.48. The summed E-state index contributed by atoms with van der Waals surface area (Å²) in [5.41, 5.74) is 2.09. The van der Waals surface area contributed by atoms with E-state index in [4.69, 9.17) is 4.42 Å². The number of benzene rings is 1. The van der Waals surface area contributed by atoms with Crippen LogP contribution in [-0.2, 0) is 11.3 Å². The van der Waals surface area contributed by atoms with Crippen molar-refractivity contribution in [2.45, 2.75) is 33.2 Å². The molecule has 1 aromatic heterocycles. The van der Waals surface area contributed by atoms with Gasteiger partial charge < -0.3 is 19.5 Å². The quantitative estimate of drug-likeness (QED) is 0.836. The number of furan rings is 1. The molecule has 1 saturated heterocycles. The molecule has 3 rings (SSSR count). The maximum atomic E-state index is 12.3. The van der Waals surface area contributed by atoms with E-state index in [1.165, 1.54) is 18.5 Å². The summed E-state index contributed by atoms with van der Waals surface area (Å²) in [5.74, 6) is 2.66. The molecule has 140 valence electrons. The summed E-state index contributed by atoms with van der Waals surface area (Å²) >= 11 is 0. The van der Waals surface area contributed by atoms with Crippen LogP contribution in [0.15, 0.2) is 40.8 Å². The fourth-order valence-electron chi connectivity index (χ4n) is 3.44. The molecule has 1 unspecified atom stereocenters. The Hall–Kier alpha value is -2.27. The molecular formula is C21H30N3O2+. The SMILES string of the molecule is Cc1ccc(C[NH+](C)CC(=O)Nc2ccc(N3CCC(C)CC3)cc2)o1. The van der Waals surface area contributed by atoms with Gasteiger partial charge in [-0.15, -0.1) is 0 Å². The zero-order valence-corrected chi connectivity index (χ0v) is 16.0. The van der Waals surface area contributed by atoms with E-state index in [1.807, 2.05) is 38.2 Å². The van der Waals surface area contributed by atoms with Crippen LogP contribution in [0, 0.1) is 12.8 Å². The number of piperidine rings is 1. The summed E-state index contributed by atoms with van der Waals surface area (Å²) in [6, 6.07) is 12.1. The number of rotatable bonds is 6. The highest BCUT2D eigenvalue weighted by atomic mass is 16.3. The molecular weight excluding hydrogens is 326 g/mol. The summed E-state index contributed by atoms with van der Waals surface area (Å²) < 4.78 is 5.57. The molecule has 1 fully saturated rings. The van der Waals surface area contributed by atoms with Gasteiger partial charge in [-0.2, -0.15) is 0 Å². The van der Waals surface area contributed by atoms with Crippen molar-refractivity contribution >= 4 is 17.3 Å². The third-order valence-electron chi connectivity index (χ3n) is 5.03. The number of nitrogens with one attached hydrogen (secondary N) is 2. The van der Waals surface area contributed by atoms with Gasteiger partial charge in [0, 0.05) is 24.5 Å². The van der Waals surface area contributed by atoms with Gasteiger partial charge in [-0.3, -0.25) is 4.79 Å². The molecule has 0 spiro atoms. The van der Waals surface area contributed by atoms with Gasteiger partial charge in [0.15, 0.2) is 12.3 Å². The number of carbonyl (C=O) groups excluding carboxylic acids is 1. The molecule has 0 radical (unpaired) electrons. The van der Waals surface area contributed by atoms with Crippen molar-refractivity contribution in [1.29, 1.82) is 0 Å². The Morgan fingerprint density at radius 1 is 1.19 bits per heavy atom. The lowest BCUT2D eigenvalue weighted by atomic mass is 9.99. The van der Waals surface area contributed by atoms with Crippen molar-refractivity contribution < 1.29 is 14.1 Å². The average Bonchev–Trinajstić information content (AvgIpc) is 3.01. The molecule has 2 N–H and O–H groups in total. The van der Waals surface area contributed by atoms with Crippen molar-refractivity contribution in [2.24, 2.45) is 5.92 Å². The first-order chi connectivity index (χ1) is 12.5. The highest BCUT2D eigenvalue weighted by Gasteiger charge is 2.16. The molecule has 1 aliphatic heterocycles. The predicted molar refractivity (Wildman–Crippen MR) is 105 cm³/mol. The van der Waals surface area contributed by atoms with Crippen molar-refractivity contribution in [1.82, 2.24) is 0 Å². The lowest BCUT2D eigenvalue weighted by molar-refractivity contribution is -0.886. The number of nitrogens with zero attached hydrogens (tertiary/aromatic N) is 1. The molecule has 26 heavy (non-hydrogen) atoms. The van der Waals surface area contributed by atoms with E-state index in [1.54, 1.807) is 0 Å². The molecule has 1 aliphatic rings. The number of likely N-dealkylation sites (N-methyl/N-ethyl adjacent to an activating group) is 1. The third-order valence-corrected chi connectivity index (χ3v) is 5.03. The largest absolute Gasteiger partial charge is 0.460 e. The summed E-state index contributed by atoms with van der Waals surface area (Å²) in [4.78, 5) is 15.8. The first kappa shape index (κ1) is 18.5. The van der Waals surface area contributed by atoms with Crippen LogP contribution in [0.1, 0.15) is 31.3 Å². The Morgan fingerprint density at radius 3 is 2.50 bits per heavy atom. The minimum atomic E-state index is 0.0188. The van der Waals surface area contributed by atoms with Crippen molar-refractivity contribution in [3.05, 3.63) is 47.9 Å². The van der Waals surface area contributed by atoms with Gasteiger partial charge in [-0.25, -0.2) is 0 Å². The summed E-state index contributed by atoms with van der Waals surface area (Å²) in [6.45, 7) is 7.60. The minimum Gasteiger partial charge on any atom is -0.460 e. The van der Waals surface area contributed by atoms with Gasteiger partial charge >= 0.3 is 0 Å². The maximum Gasteiger partial charge on any atom is 0.279 e. The third kappa shape index (κ3) is 5.11. The van der Waals surface area contributed by atoms with Crippen molar-refractivity contribution in [2.75, 3.05) is 36.9 Å². The van der Waals surface area contributed by atoms with Crippen LogP contribution < -0.4 is 15.1 Å². The van der Waals surface area contributed by atoms with Crippen molar-refractivity contribution in [3.8, 4) is 0 Å². The molecule has 5 heteroatoms. The molecule has 0 bridgehead atoms. The van der Waals surface area contributed by atoms with E-state index in [0.717, 1.165) is 41.1 Å². The van der Waals surface area contributed by atoms with Crippen LogP contribution >= 0.6 is 0 Å². The first-order valence-electron chi connectivity index (χ1n) is 9.51. The predicted octanol–water partition coefficient (Wildman–Crippen LogP) is 2.48. The summed E-state index contributed by atoms with van der Waals surface area (Å²) in [7, 11) is 2.00. The second-order valence-electron chi connectivity index (χ2n) is 7.59. The minimum absolute atomic E-state index is 0.0188. The van der Waals surface area contributed by atoms with Crippen molar-refractivity contribution in [3.63, 3.8) is 0 Å². The number of quaternary nitrogens is 1. The molecule has 1 amide bonds. The summed E-state index contributed by atoms with van der Waals surface area (Å²) in [6.07, 6.45) is 2.51. The van der Waals surface area contributed by atoms with E-state index in [-0.39, 0.29) is 5.91 Å². The summed E-state index contributed by atoms with van der Waals surface area (Å²) in [5, 5.41) is 2.99. The van der Waals surface area contributed by atoms with E-state index in [0.29, 0.717) is 13.1 Å². The first-order valence-corrected chi connectivity index (χ1v) is 9.51. The Kier molecular flexibility index (Phi) is 5.99. The van der Waals surface area contributed by atoms with Crippen LogP contribution in [-0.4, -0.2) is 32.6 Å². The lowest BCUT2D eigenvalue weighted by Gasteiger charge is -2.32. The number of anilines is 2. The fourth-order valence-corrected chi connectivity index (χ4v) is 3.44. The van der Waals surface area contributed by atoms with Gasteiger partial charge in [-0.1, -0.05) is 6.92 Å². The molecule has 2 aromatic rings. The van der Waals surface area contributed by atoms with E-state index in [2.05, 4.69) is 29.3 Å². The highest BCUT2D eigenvalue weighted by Crippen LogP contribution is 2.24. The van der Waals surface area contributed by atoms with Gasteiger partial charge in [0.05, 0.1) is 7.05 Å². The Labute approximate surface area is 156 Å². The van der Waals surface area contributed by atoms with Crippen LogP contribution in [0.4, 0.5) is 11.4 Å². The molecule has 1 aromatic carbocycles. The molecule has 0 saturated carbocycles. The molecule has 0 aliphatic carbocycles. The van der Waals surface area contributed by atoms with E-state index >= 15 is 0 Å². The Bertz CT molecular complexity index is 715. The lowest BCUT2D eigenvalue weighted by Crippen LogP contribution is -3.08. The van der Waals surface area contributed by atoms with Gasteiger partial charge in [0.25, 0.3) is 5.91 Å². The van der Waals surface area contributed by atoms with E-state index < -0.39 is 0 Å². The number of aryl methyl sites for hydroxylation is 1. The fraction of sp³-hybridized carbons (Fsp3) is 0.476. The average molecular weight is 356 g/mol.